The molecule has 1 saturated carbocycles. The molecular weight excluding hydrogens is 350 g/mol. The molecule has 6 nitrogen and oxygen atoms in total. The summed E-state index contributed by atoms with van der Waals surface area (Å²) in [4.78, 5) is 1.37. The predicted molar refractivity (Wildman–Crippen MR) is 92.3 cm³/mol. The molecule has 0 aliphatic heterocycles. The quantitative estimate of drug-likeness (QED) is 0.608. The van der Waals surface area contributed by atoms with E-state index in [4.69, 9.17) is 4.42 Å². The first-order valence-corrected chi connectivity index (χ1v) is 10.1. The van der Waals surface area contributed by atoms with Gasteiger partial charge in [-0.15, -0.1) is 31.7 Å². The van der Waals surface area contributed by atoms with Crippen LogP contribution in [-0.2, 0) is 12.2 Å². The zero-order valence-electron chi connectivity index (χ0n) is 12.3. The molecule has 0 aromatic carbocycles. The van der Waals surface area contributed by atoms with Crippen LogP contribution in [0.3, 0.4) is 0 Å². The Morgan fingerprint density at radius 3 is 3.04 bits per heavy atom. The van der Waals surface area contributed by atoms with Gasteiger partial charge in [-0.05, 0) is 30.7 Å². The lowest BCUT2D eigenvalue weighted by Gasteiger charge is -1.98. The Labute approximate surface area is 145 Å². The molecule has 3 aromatic heterocycles. The van der Waals surface area contributed by atoms with E-state index in [2.05, 4.69) is 43.2 Å². The van der Waals surface area contributed by atoms with E-state index < -0.39 is 0 Å². The molecule has 0 radical (unpaired) electrons. The molecule has 0 atom stereocenters. The first kappa shape index (κ1) is 15.1. The van der Waals surface area contributed by atoms with Gasteiger partial charge in [0.1, 0.15) is 0 Å². The van der Waals surface area contributed by atoms with Crippen LogP contribution in [0.4, 0.5) is 5.13 Å². The smallest absolute Gasteiger partial charge is 0.226 e. The Morgan fingerprint density at radius 1 is 1.26 bits per heavy atom. The summed E-state index contributed by atoms with van der Waals surface area (Å²) in [5.41, 5.74) is 0. The number of hydrogen-bond donors (Lipinski definition) is 1. The first-order chi connectivity index (χ1) is 11.4. The molecule has 4 rings (SSSR count). The summed E-state index contributed by atoms with van der Waals surface area (Å²) in [6, 6.07) is 4.22. The molecule has 3 heterocycles. The molecule has 1 N–H and O–H groups in total. The Balaban J connectivity index is 1.24. The van der Waals surface area contributed by atoms with Gasteiger partial charge < -0.3 is 9.73 Å². The molecule has 9 heteroatoms. The van der Waals surface area contributed by atoms with Gasteiger partial charge in [-0.25, -0.2) is 0 Å². The minimum absolute atomic E-state index is 0.502. The van der Waals surface area contributed by atoms with Crippen molar-refractivity contribution in [1.82, 2.24) is 20.4 Å². The third-order valence-electron chi connectivity index (χ3n) is 3.36. The van der Waals surface area contributed by atoms with Crippen molar-refractivity contribution in [2.75, 3.05) is 11.9 Å². The number of nitrogens with one attached hydrogen (secondary N) is 1. The van der Waals surface area contributed by atoms with Gasteiger partial charge in [0.05, 0.1) is 5.75 Å². The van der Waals surface area contributed by atoms with Crippen LogP contribution in [0.1, 0.15) is 35.4 Å². The van der Waals surface area contributed by atoms with Crippen LogP contribution in [-0.4, -0.2) is 26.9 Å². The molecule has 1 aliphatic carbocycles. The number of anilines is 1. The summed E-state index contributed by atoms with van der Waals surface area (Å²) < 4.78 is 6.55. The van der Waals surface area contributed by atoms with E-state index >= 15 is 0 Å². The van der Waals surface area contributed by atoms with Crippen molar-refractivity contribution in [3.05, 3.63) is 34.2 Å². The third kappa shape index (κ3) is 4.10. The Hall–Kier alpha value is -1.45. The molecule has 0 spiro atoms. The summed E-state index contributed by atoms with van der Waals surface area (Å²) in [7, 11) is 0. The minimum Gasteiger partial charge on any atom is -0.424 e. The van der Waals surface area contributed by atoms with Crippen molar-refractivity contribution in [2.24, 2.45) is 0 Å². The van der Waals surface area contributed by atoms with Gasteiger partial charge in [-0.3, -0.25) is 0 Å². The first-order valence-electron chi connectivity index (χ1n) is 7.41. The van der Waals surface area contributed by atoms with Crippen LogP contribution >= 0.6 is 34.4 Å². The second kappa shape index (κ2) is 6.98. The van der Waals surface area contributed by atoms with Gasteiger partial charge in [0.15, 0.2) is 4.34 Å². The average molecular weight is 366 g/mol. The van der Waals surface area contributed by atoms with E-state index in [1.807, 2.05) is 0 Å². The van der Waals surface area contributed by atoms with Crippen LogP contribution in [0.5, 0.6) is 0 Å². The Bertz CT molecular complexity index is 750. The Kier molecular flexibility index (Phi) is 4.58. The molecule has 0 unspecified atom stereocenters. The van der Waals surface area contributed by atoms with Gasteiger partial charge in [0.2, 0.25) is 16.9 Å². The van der Waals surface area contributed by atoms with Crippen molar-refractivity contribution in [3.8, 4) is 0 Å². The van der Waals surface area contributed by atoms with Gasteiger partial charge >= 0.3 is 0 Å². The van der Waals surface area contributed by atoms with Crippen LogP contribution < -0.4 is 5.32 Å². The molecule has 120 valence electrons. The number of thiophene rings is 1. The number of nitrogens with zero attached hydrogens (tertiary/aromatic N) is 4. The standard InChI is InChI=1S/C14H15N5OS3/c1-2-10(21-7-1)5-6-15-13-18-19-14(23-13)22-8-11-16-17-12(20-11)9-3-4-9/h1-2,7,9H,3-6,8H2,(H,15,18). The lowest BCUT2D eigenvalue weighted by molar-refractivity contribution is 0.466. The van der Waals surface area contributed by atoms with Crippen molar-refractivity contribution >= 4 is 39.6 Å². The second-order valence-electron chi connectivity index (χ2n) is 5.23. The normalized spacial score (nSPS) is 14.3. The number of thioether (sulfide) groups is 1. The predicted octanol–water partition coefficient (Wildman–Crippen LogP) is 3.81. The van der Waals surface area contributed by atoms with Crippen molar-refractivity contribution in [2.45, 2.75) is 35.3 Å². The number of hydrogen-bond acceptors (Lipinski definition) is 9. The highest BCUT2D eigenvalue weighted by atomic mass is 32.2. The molecular formula is C14H15N5OS3. The summed E-state index contributed by atoms with van der Waals surface area (Å²) in [5, 5.41) is 22.8. The van der Waals surface area contributed by atoms with Crippen LogP contribution in [0, 0.1) is 0 Å². The molecule has 1 fully saturated rings. The lowest BCUT2D eigenvalue weighted by Crippen LogP contribution is -2.03. The van der Waals surface area contributed by atoms with Gasteiger partial charge in [-0.1, -0.05) is 29.2 Å². The fourth-order valence-electron chi connectivity index (χ4n) is 2.03. The van der Waals surface area contributed by atoms with Gasteiger partial charge in [0.25, 0.3) is 0 Å². The largest absolute Gasteiger partial charge is 0.424 e. The monoisotopic (exact) mass is 365 g/mol. The molecule has 0 bridgehead atoms. The van der Waals surface area contributed by atoms with E-state index in [1.165, 1.54) is 17.7 Å². The fraction of sp³-hybridized carbons (Fsp3) is 0.429. The SMILES string of the molecule is c1csc(CCNc2nnc(SCc3nnc(C4CC4)o3)s2)c1. The van der Waals surface area contributed by atoms with Crippen LogP contribution in [0.15, 0.2) is 26.3 Å². The maximum atomic E-state index is 5.64. The van der Waals surface area contributed by atoms with Gasteiger partial charge in [-0.2, -0.15) is 0 Å². The number of rotatable bonds is 8. The second-order valence-corrected chi connectivity index (χ2v) is 8.46. The molecule has 1 aliphatic rings. The fourth-order valence-corrected chi connectivity index (χ4v) is 4.35. The van der Waals surface area contributed by atoms with E-state index in [0.29, 0.717) is 17.6 Å². The minimum atomic E-state index is 0.502. The zero-order valence-corrected chi connectivity index (χ0v) is 14.7. The third-order valence-corrected chi connectivity index (χ3v) is 6.30. The van der Waals surface area contributed by atoms with Crippen LogP contribution in [0.25, 0.3) is 0 Å². The average Bonchev–Trinajstić information content (AvgIpc) is 2.98. The molecule has 3 aromatic rings. The van der Waals surface area contributed by atoms with Crippen LogP contribution in [0.2, 0.25) is 0 Å². The van der Waals surface area contributed by atoms with E-state index in [1.54, 1.807) is 34.4 Å². The summed E-state index contributed by atoms with van der Waals surface area (Å²) in [6.07, 6.45) is 3.35. The summed E-state index contributed by atoms with van der Waals surface area (Å²) in [6.45, 7) is 0.869. The van der Waals surface area contributed by atoms with Crippen molar-refractivity contribution in [3.63, 3.8) is 0 Å². The van der Waals surface area contributed by atoms with Crippen molar-refractivity contribution in [1.29, 1.82) is 0 Å². The number of aromatic nitrogens is 4. The maximum Gasteiger partial charge on any atom is 0.226 e. The molecule has 0 amide bonds. The van der Waals surface area contributed by atoms with Gasteiger partial charge in [0, 0.05) is 17.3 Å². The zero-order chi connectivity index (χ0) is 15.5. The molecule has 0 saturated heterocycles. The topological polar surface area (TPSA) is 76.7 Å². The van der Waals surface area contributed by atoms with E-state index in [9.17, 15) is 0 Å². The highest BCUT2D eigenvalue weighted by Gasteiger charge is 2.29. The van der Waals surface area contributed by atoms with E-state index in [0.717, 1.165) is 28.3 Å². The maximum absolute atomic E-state index is 5.64. The highest BCUT2D eigenvalue weighted by molar-refractivity contribution is 8.00. The summed E-state index contributed by atoms with van der Waals surface area (Å²) >= 11 is 4.92. The highest BCUT2D eigenvalue weighted by Crippen LogP contribution is 2.39. The summed E-state index contributed by atoms with van der Waals surface area (Å²) in [5.74, 6) is 2.60. The Morgan fingerprint density at radius 2 is 2.22 bits per heavy atom. The van der Waals surface area contributed by atoms with Crippen molar-refractivity contribution < 1.29 is 4.42 Å². The van der Waals surface area contributed by atoms with E-state index in [-0.39, 0.29) is 0 Å². The molecule has 23 heavy (non-hydrogen) atoms. The lowest BCUT2D eigenvalue weighted by atomic mass is 10.3.